The number of ether oxygens (including phenoxy) is 1. The van der Waals surface area contributed by atoms with E-state index in [9.17, 15) is 4.79 Å². The maximum atomic E-state index is 10.2. The number of halogens is 3. The second kappa shape index (κ2) is 6.46. The Morgan fingerprint density at radius 3 is 2.27 bits per heavy atom. The van der Waals surface area contributed by atoms with Crippen molar-refractivity contribution in [3.05, 3.63) is 27.2 Å². The van der Waals surface area contributed by atoms with Crippen LogP contribution in [0.3, 0.4) is 0 Å². The van der Waals surface area contributed by atoms with Gasteiger partial charge in [-0.3, -0.25) is 0 Å². The minimum atomic E-state index is -1.09. The molecule has 1 aromatic carbocycles. The van der Waals surface area contributed by atoms with E-state index in [1.54, 1.807) is 0 Å². The van der Waals surface area contributed by atoms with E-state index >= 15 is 0 Å². The average Bonchev–Trinajstić information content (AvgIpc) is 2.09. The summed E-state index contributed by atoms with van der Waals surface area (Å²) in [7, 11) is 0. The normalized spacial score (nSPS) is 9.27. The summed E-state index contributed by atoms with van der Waals surface area (Å²) in [4.78, 5) is 10.2. The van der Waals surface area contributed by atoms with E-state index in [1.165, 1.54) is 12.1 Å². The minimum absolute atomic E-state index is 0. The molecule has 0 fully saturated rings. The van der Waals surface area contributed by atoms with Gasteiger partial charge in [0, 0.05) is 23.1 Å². The minimum Gasteiger partial charge on any atom is -0.480 e. The molecule has 87 valence electrons. The molecule has 0 heterocycles. The fraction of sp³-hybridized carbons (Fsp3) is 0.125. The molecule has 0 aromatic heterocycles. The largest absolute Gasteiger partial charge is 0.480 e. The fourth-order valence-corrected chi connectivity index (χ4v) is 1.35. The molecule has 0 unspecified atom stereocenters. The summed E-state index contributed by atoms with van der Waals surface area (Å²) in [6.45, 7) is -0.475. The smallest absolute Gasteiger partial charge is 0.341 e. The zero-order valence-electron chi connectivity index (χ0n) is 7.06. The van der Waals surface area contributed by atoms with Crippen LogP contribution >= 0.6 is 34.8 Å². The first kappa shape index (κ1) is 14.9. The summed E-state index contributed by atoms with van der Waals surface area (Å²) in [5.41, 5.74) is 0. The predicted molar refractivity (Wildman–Crippen MR) is 54.6 cm³/mol. The monoisotopic (exact) mass is 317 g/mol. The van der Waals surface area contributed by atoms with Gasteiger partial charge in [-0.15, -0.1) is 0 Å². The molecule has 0 aliphatic carbocycles. The van der Waals surface area contributed by atoms with E-state index in [-0.39, 0.29) is 32.9 Å². The summed E-state index contributed by atoms with van der Waals surface area (Å²) < 4.78 is 4.86. The van der Waals surface area contributed by atoms with E-state index in [1.807, 2.05) is 0 Å². The van der Waals surface area contributed by atoms with Gasteiger partial charge in [0.05, 0.1) is 15.1 Å². The van der Waals surface area contributed by atoms with Crippen LogP contribution in [-0.2, 0) is 21.9 Å². The van der Waals surface area contributed by atoms with E-state index < -0.39 is 12.6 Å². The standard InChI is InChI=1S/C8H5Cl3O3.Cu/c9-4-1-6(11)7(2-5(4)10)14-3-8(12)13;/h1-2H,3H2,(H,12,13);. The van der Waals surface area contributed by atoms with Gasteiger partial charge in [-0.2, -0.15) is 0 Å². The number of carboxylic acid groups (broad SMARTS) is 1. The van der Waals surface area contributed by atoms with Crippen LogP contribution in [0.1, 0.15) is 0 Å². The number of aliphatic carboxylic acids is 1. The molecule has 0 atom stereocenters. The molecule has 1 N–H and O–H groups in total. The van der Waals surface area contributed by atoms with Crippen molar-refractivity contribution < 1.29 is 31.7 Å². The van der Waals surface area contributed by atoms with Gasteiger partial charge in [-0.1, -0.05) is 34.8 Å². The third-order valence-electron chi connectivity index (χ3n) is 1.33. The Hall–Kier alpha value is -0.121. The van der Waals surface area contributed by atoms with Crippen LogP contribution in [0.4, 0.5) is 0 Å². The molecular weight excluding hydrogens is 314 g/mol. The third kappa shape index (κ3) is 4.49. The van der Waals surface area contributed by atoms with Crippen LogP contribution < -0.4 is 4.74 Å². The second-order valence-corrected chi connectivity index (χ2v) is 3.60. The topological polar surface area (TPSA) is 46.5 Å². The Morgan fingerprint density at radius 2 is 1.73 bits per heavy atom. The van der Waals surface area contributed by atoms with Crippen molar-refractivity contribution in [2.24, 2.45) is 0 Å². The summed E-state index contributed by atoms with van der Waals surface area (Å²) in [6, 6.07) is 2.76. The van der Waals surface area contributed by atoms with E-state index in [0.29, 0.717) is 5.02 Å². The van der Waals surface area contributed by atoms with Crippen LogP contribution in [0.25, 0.3) is 0 Å². The number of rotatable bonds is 3. The first-order valence-electron chi connectivity index (χ1n) is 3.50. The predicted octanol–water partition coefficient (Wildman–Crippen LogP) is 3.11. The third-order valence-corrected chi connectivity index (χ3v) is 2.34. The molecule has 3 nitrogen and oxygen atoms in total. The van der Waals surface area contributed by atoms with Gasteiger partial charge in [0.2, 0.25) is 0 Å². The van der Waals surface area contributed by atoms with Crippen molar-refractivity contribution in [2.75, 3.05) is 6.61 Å². The van der Waals surface area contributed by atoms with Crippen molar-refractivity contribution in [1.29, 1.82) is 0 Å². The first-order valence-corrected chi connectivity index (χ1v) is 4.63. The molecule has 15 heavy (non-hydrogen) atoms. The Balaban J connectivity index is 0.00000196. The van der Waals surface area contributed by atoms with Gasteiger partial charge in [0.1, 0.15) is 5.75 Å². The fourth-order valence-electron chi connectivity index (χ4n) is 0.754. The van der Waals surface area contributed by atoms with Crippen LogP contribution in [0.5, 0.6) is 5.75 Å². The van der Waals surface area contributed by atoms with E-state index in [4.69, 9.17) is 44.6 Å². The Morgan fingerprint density at radius 1 is 1.20 bits per heavy atom. The van der Waals surface area contributed by atoms with Crippen molar-refractivity contribution >= 4 is 40.8 Å². The number of hydrogen-bond donors (Lipinski definition) is 1. The van der Waals surface area contributed by atoms with Crippen LogP contribution in [0, 0.1) is 0 Å². The summed E-state index contributed by atoms with van der Waals surface area (Å²) >= 11 is 17.1. The Kier molecular flexibility index (Phi) is 6.41. The van der Waals surface area contributed by atoms with Gasteiger partial charge in [0.25, 0.3) is 0 Å². The molecule has 1 aromatic rings. The van der Waals surface area contributed by atoms with Crippen LogP contribution in [-0.4, -0.2) is 17.7 Å². The molecule has 0 bridgehead atoms. The molecule has 0 aliphatic rings. The van der Waals surface area contributed by atoms with Gasteiger partial charge in [0.15, 0.2) is 6.61 Å². The molecule has 1 rings (SSSR count). The zero-order chi connectivity index (χ0) is 10.7. The SMILES string of the molecule is O=C(O)COc1cc(Cl)c(Cl)cc1Cl.[Cu]. The van der Waals surface area contributed by atoms with Gasteiger partial charge in [-0.05, 0) is 6.07 Å². The van der Waals surface area contributed by atoms with Crippen molar-refractivity contribution in [3.63, 3.8) is 0 Å². The zero-order valence-corrected chi connectivity index (χ0v) is 10.3. The summed E-state index contributed by atoms with van der Waals surface area (Å²) in [5.74, 6) is -0.893. The van der Waals surface area contributed by atoms with Gasteiger partial charge >= 0.3 is 5.97 Å². The van der Waals surface area contributed by atoms with E-state index in [2.05, 4.69) is 0 Å². The molecular formula is C8H5Cl3CuO3. The van der Waals surface area contributed by atoms with E-state index in [0.717, 1.165) is 0 Å². The van der Waals surface area contributed by atoms with Gasteiger partial charge in [-0.25, -0.2) is 4.79 Å². The van der Waals surface area contributed by atoms with Crippen molar-refractivity contribution in [2.45, 2.75) is 0 Å². The van der Waals surface area contributed by atoms with Gasteiger partial charge < -0.3 is 9.84 Å². The molecule has 0 saturated carbocycles. The second-order valence-electron chi connectivity index (χ2n) is 2.38. The number of hydrogen-bond acceptors (Lipinski definition) is 2. The molecule has 0 spiro atoms. The van der Waals surface area contributed by atoms with Crippen molar-refractivity contribution in [3.8, 4) is 5.75 Å². The first-order chi connectivity index (χ1) is 6.50. The maximum Gasteiger partial charge on any atom is 0.341 e. The Labute approximate surface area is 112 Å². The average molecular weight is 319 g/mol. The molecule has 0 saturated heterocycles. The molecule has 0 amide bonds. The van der Waals surface area contributed by atoms with Crippen LogP contribution in [0.15, 0.2) is 12.1 Å². The summed E-state index contributed by atoms with van der Waals surface area (Å²) in [5, 5.41) is 9.14. The van der Waals surface area contributed by atoms with Crippen molar-refractivity contribution in [1.82, 2.24) is 0 Å². The molecule has 1 radical (unpaired) electrons. The molecule has 7 heteroatoms. The number of benzene rings is 1. The Bertz CT molecular complexity index is 370. The summed E-state index contributed by atoms with van der Waals surface area (Å²) in [6.07, 6.45) is 0. The maximum absolute atomic E-state index is 10.2. The quantitative estimate of drug-likeness (QED) is 0.688. The number of carbonyl (C=O) groups is 1. The molecule has 0 aliphatic heterocycles. The number of carboxylic acids is 1. The van der Waals surface area contributed by atoms with Crippen LogP contribution in [0.2, 0.25) is 15.1 Å².